The van der Waals surface area contributed by atoms with E-state index in [0.29, 0.717) is 12.4 Å². The average Bonchev–Trinajstić information content (AvgIpc) is 3.04. The van der Waals surface area contributed by atoms with Gasteiger partial charge in [-0.3, -0.25) is 4.79 Å². The summed E-state index contributed by atoms with van der Waals surface area (Å²) in [7, 11) is 0. The summed E-state index contributed by atoms with van der Waals surface area (Å²) in [4.78, 5) is 15.8. The van der Waals surface area contributed by atoms with E-state index < -0.39 is 0 Å². The Balaban J connectivity index is 1.90. The molecule has 2 heterocycles. The zero-order valence-corrected chi connectivity index (χ0v) is 10.3. The Bertz CT molecular complexity index is 401. The molecule has 1 amide bonds. The topological polar surface area (TPSA) is 100 Å². The Morgan fingerprint density at radius 3 is 3.22 bits per heavy atom. The highest BCUT2D eigenvalue weighted by Gasteiger charge is 2.24. The first-order chi connectivity index (χ1) is 8.70. The van der Waals surface area contributed by atoms with Crippen LogP contribution in [0.2, 0.25) is 0 Å². The summed E-state index contributed by atoms with van der Waals surface area (Å²) in [6.07, 6.45) is 2.02. The van der Waals surface area contributed by atoms with Gasteiger partial charge in [0, 0.05) is 13.2 Å². The second-order valence-corrected chi connectivity index (χ2v) is 4.60. The summed E-state index contributed by atoms with van der Waals surface area (Å²) in [5.74, 6) is 0.150. The first-order valence-corrected chi connectivity index (χ1v) is 6.16. The van der Waals surface area contributed by atoms with Crippen LogP contribution in [0.3, 0.4) is 0 Å². The molecule has 3 N–H and O–H groups in total. The first kappa shape index (κ1) is 13.0. The van der Waals surface area contributed by atoms with Gasteiger partial charge in [-0.05, 0) is 25.3 Å². The maximum atomic E-state index is 11.7. The molecule has 1 fully saturated rings. The Kier molecular flexibility index (Phi) is 4.27. The number of amides is 1. The molecule has 18 heavy (non-hydrogen) atoms. The monoisotopic (exact) mass is 254 g/mol. The van der Waals surface area contributed by atoms with Crippen molar-refractivity contribution in [2.24, 2.45) is 5.92 Å². The van der Waals surface area contributed by atoms with Crippen LogP contribution in [-0.2, 0) is 0 Å². The minimum absolute atomic E-state index is 0.0109. The fourth-order valence-corrected chi connectivity index (χ4v) is 1.77. The summed E-state index contributed by atoms with van der Waals surface area (Å²) in [5, 5.41) is 18.4. The van der Waals surface area contributed by atoms with Crippen LogP contribution >= 0.6 is 0 Å². The number of carbonyl (C=O) groups excluding carboxylic acids is 1. The highest BCUT2D eigenvalue weighted by Crippen LogP contribution is 2.20. The van der Waals surface area contributed by atoms with E-state index in [1.165, 1.54) is 0 Å². The lowest BCUT2D eigenvalue weighted by atomic mass is 10.2. The third-order valence-electron chi connectivity index (χ3n) is 2.93. The van der Waals surface area contributed by atoms with Gasteiger partial charge in [0.2, 0.25) is 5.89 Å². The summed E-state index contributed by atoms with van der Waals surface area (Å²) in [6.45, 7) is 3.19. The van der Waals surface area contributed by atoms with Crippen LogP contribution in [0.1, 0.15) is 42.3 Å². The molecule has 0 bridgehead atoms. The average molecular weight is 254 g/mol. The molecule has 2 rings (SSSR count). The van der Waals surface area contributed by atoms with Crippen LogP contribution < -0.4 is 10.6 Å². The number of nitrogens with one attached hydrogen (secondary N) is 2. The molecule has 0 radical (unpaired) electrons. The number of carbonyl (C=O) groups is 1. The van der Waals surface area contributed by atoms with E-state index in [1.54, 1.807) is 0 Å². The highest BCUT2D eigenvalue weighted by atomic mass is 16.5. The molecule has 7 nitrogen and oxygen atoms in total. The normalized spacial score (nSPS) is 20.9. The molecule has 0 aliphatic carbocycles. The first-order valence-electron chi connectivity index (χ1n) is 6.16. The Labute approximate surface area is 105 Å². The lowest BCUT2D eigenvalue weighted by Gasteiger charge is -2.07. The van der Waals surface area contributed by atoms with Crippen LogP contribution in [0.15, 0.2) is 4.52 Å². The predicted molar refractivity (Wildman–Crippen MR) is 62.9 cm³/mol. The van der Waals surface area contributed by atoms with E-state index >= 15 is 0 Å². The standard InChI is InChI=1S/C11H18N4O3/c1-7(6-16)5-13-10(17)9-14-11(18-15-9)8-3-2-4-12-8/h7-8,12,16H,2-6H2,1H3,(H,13,17). The summed E-state index contributed by atoms with van der Waals surface area (Å²) >= 11 is 0. The molecule has 2 atom stereocenters. The summed E-state index contributed by atoms with van der Waals surface area (Å²) in [5.41, 5.74) is 0. The minimum Gasteiger partial charge on any atom is -0.396 e. The molecule has 1 saturated heterocycles. The molecule has 0 aromatic carbocycles. The number of hydrogen-bond acceptors (Lipinski definition) is 6. The van der Waals surface area contributed by atoms with Gasteiger partial charge in [0.1, 0.15) is 0 Å². The molecule has 100 valence electrons. The minimum atomic E-state index is -0.372. The highest BCUT2D eigenvalue weighted by molar-refractivity contribution is 5.90. The zero-order valence-electron chi connectivity index (χ0n) is 10.3. The van der Waals surface area contributed by atoms with E-state index in [9.17, 15) is 4.79 Å². The van der Waals surface area contributed by atoms with Gasteiger partial charge in [-0.2, -0.15) is 4.98 Å². The fraction of sp³-hybridized carbons (Fsp3) is 0.727. The largest absolute Gasteiger partial charge is 0.396 e. The second kappa shape index (κ2) is 5.92. The Morgan fingerprint density at radius 2 is 2.56 bits per heavy atom. The van der Waals surface area contributed by atoms with Crippen molar-refractivity contribution in [3.8, 4) is 0 Å². The molecule has 7 heteroatoms. The van der Waals surface area contributed by atoms with Gasteiger partial charge < -0.3 is 20.3 Å². The van der Waals surface area contributed by atoms with Gasteiger partial charge >= 0.3 is 0 Å². The van der Waals surface area contributed by atoms with Gasteiger partial charge in [-0.25, -0.2) is 0 Å². The van der Waals surface area contributed by atoms with E-state index in [2.05, 4.69) is 20.8 Å². The molecule has 0 spiro atoms. The van der Waals surface area contributed by atoms with Crippen molar-refractivity contribution in [1.29, 1.82) is 0 Å². The lowest BCUT2D eigenvalue weighted by Crippen LogP contribution is -2.30. The van der Waals surface area contributed by atoms with E-state index in [-0.39, 0.29) is 30.3 Å². The van der Waals surface area contributed by atoms with Crippen molar-refractivity contribution in [2.45, 2.75) is 25.8 Å². The Hall–Kier alpha value is -1.47. The molecule has 1 aromatic heterocycles. The van der Waals surface area contributed by atoms with E-state index in [1.807, 2.05) is 6.92 Å². The Morgan fingerprint density at radius 1 is 1.72 bits per heavy atom. The van der Waals surface area contributed by atoms with Crippen molar-refractivity contribution >= 4 is 5.91 Å². The van der Waals surface area contributed by atoms with Crippen LogP contribution in [0.4, 0.5) is 0 Å². The number of aliphatic hydroxyl groups is 1. The summed E-state index contributed by atoms with van der Waals surface area (Å²) in [6, 6.07) is 0.0652. The van der Waals surface area contributed by atoms with Crippen LogP contribution in [0.5, 0.6) is 0 Å². The van der Waals surface area contributed by atoms with Gasteiger partial charge in [0.25, 0.3) is 11.7 Å². The molecule has 1 aliphatic heterocycles. The third-order valence-corrected chi connectivity index (χ3v) is 2.93. The zero-order chi connectivity index (χ0) is 13.0. The molecule has 2 unspecified atom stereocenters. The van der Waals surface area contributed by atoms with Gasteiger partial charge in [-0.15, -0.1) is 0 Å². The van der Waals surface area contributed by atoms with Crippen LogP contribution in [0, 0.1) is 5.92 Å². The second-order valence-electron chi connectivity index (χ2n) is 4.60. The van der Waals surface area contributed by atoms with E-state index in [0.717, 1.165) is 19.4 Å². The SMILES string of the molecule is CC(CO)CNC(=O)c1noc(C2CCCN2)n1. The third kappa shape index (κ3) is 3.05. The maximum Gasteiger partial charge on any atom is 0.292 e. The van der Waals surface area contributed by atoms with Gasteiger partial charge in [0.15, 0.2) is 0 Å². The van der Waals surface area contributed by atoms with E-state index in [4.69, 9.17) is 9.63 Å². The van der Waals surface area contributed by atoms with Gasteiger partial charge in [-0.1, -0.05) is 12.1 Å². The predicted octanol–water partition coefficient (Wildman–Crippen LogP) is -0.148. The fourth-order valence-electron chi connectivity index (χ4n) is 1.77. The molecular formula is C11H18N4O3. The van der Waals surface area contributed by atoms with Crippen molar-refractivity contribution < 1.29 is 14.4 Å². The smallest absolute Gasteiger partial charge is 0.292 e. The molecule has 1 aromatic rings. The van der Waals surface area contributed by atoms with Crippen molar-refractivity contribution in [3.63, 3.8) is 0 Å². The molecule has 1 aliphatic rings. The van der Waals surface area contributed by atoms with Crippen molar-refractivity contribution in [2.75, 3.05) is 19.7 Å². The number of aromatic nitrogens is 2. The lowest BCUT2D eigenvalue weighted by molar-refractivity contribution is 0.0929. The number of rotatable bonds is 5. The molecular weight excluding hydrogens is 236 g/mol. The van der Waals surface area contributed by atoms with Crippen molar-refractivity contribution in [1.82, 2.24) is 20.8 Å². The summed E-state index contributed by atoms with van der Waals surface area (Å²) < 4.78 is 5.07. The maximum absolute atomic E-state index is 11.7. The number of aliphatic hydroxyl groups excluding tert-OH is 1. The van der Waals surface area contributed by atoms with Crippen LogP contribution in [0.25, 0.3) is 0 Å². The molecule has 0 saturated carbocycles. The quantitative estimate of drug-likeness (QED) is 0.676. The van der Waals surface area contributed by atoms with Crippen LogP contribution in [-0.4, -0.2) is 40.9 Å². The number of nitrogens with zero attached hydrogens (tertiary/aromatic N) is 2. The number of hydrogen-bond donors (Lipinski definition) is 3. The van der Waals surface area contributed by atoms with Crippen molar-refractivity contribution in [3.05, 3.63) is 11.7 Å². The van der Waals surface area contributed by atoms with Gasteiger partial charge in [0.05, 0.1) is 6.04 Å².